The fourth-order valence-corrected chi connectivity index (χ4v) is 4.62. The van der Waals surface area contributed by atoms with Crippen molar-refractivity contribution in [2.75, 3.05) is 31.1 Å². The van der Waals surface area contributed by atoms with E-state index in [2.05, 4.69) is 35.9 Å². The average Bonchev–Trinajstić information content (AvgIpc) is 2.85. The molecule has 4 rings (SSSR count). The molecule has 0 spiro atoms. The third-order valence-corrected chi connectivity index (χ3v) is 6.82. The van der Waals surface area contributed by atoms with Gasteiger partial charge in [-0.1, -0.05) is 37.6 Å². The Kier molecular flexibility index (Phi) is 8.16. The van der Waals surface area contributed by atoms with Gasteiger partial charge in [-0.2, -0.15) is 0 Å². The number of benzene rings is 3. The molecule has 0 aromatic heterocycles. The highest BCUT2D eigenvalue weighted by Crippen LogP contribution is 2.25. The lowest BCUT2D eigenvalue weighted by molar-refractivity contribution is 0.0903. The van der Waals surface area contributed by atoms with Gasteiger partial charge in [0.1, 0.15) is 17.2 Å². The van der Waals surface area contributed by atoms with E-state index in [-0.39, 0.29) is 11.9 Å². The van der Waals surface area contributed by atoms with Crippen LogP contribution in [0.5, 0.6) is 17.2 Å². The number of carbonyl (C=O) groups is 1. The van der Waals surface area contributed by atoms with E-state index in [1.54, 1.807) is 6.07 Å². The normalized spacial score (nSPS) is 17.1. The highest BCUT2D eigenvalue weighted by molar-refractivity contribution is 5.94. The number of hydrogen-bond donors (Lipinski definition) is 2. The summed E-state index contributed by atoms with van der Waals surface area (Å²) in [5, 5.41) is 13.1. The summed E-state index contributed by atoms with van der Waals surface area (Å²) in [6.45, 7) is 12.0. The smallest absolute Gasteiger partial charge is 0.251 e. The van der Waals surface area contributed by atoms with Crippen LogP contribution < -0.4 is 15.0 Å². The zero-order valence-electron chi connectivity index (χ0n) is 21.6. The number of carbonyl (C=O) groups excluding carboxylic acids is 1. The maximum Gasteiger partial charge on any atom is 0.251 e. The number of anilines is 1. The number of phenolic OH excluding ortho intramolecular Hbond substituents is 1. The molecule has 0 saturated carbocycles. The van der Waals surface area contributed by atoms with Gasteiger partial charge in [0.05, 0.1) is 0 Å². The maximum absolute atomic E-state index is 13.0. The van der Waals surface area contributed by atoms with Gasteiger partial charge < -0.3 is 20.1 Å². The molecule has 1 aliphatic rings. The van der Waals surface area contributed by atoms with Crippen LogP contribution in [0.25, 0.3) is 0 Å². The minimum Gasteiger partial charge on any atom is -0.508 e. The van der Waals surface area contributed by atoms with Crippen LogP contribution in [0.1, 0.15) is 36.7 Å². The van der Waals surface area contributed by atoms with Gasteiger partial charge in [0.25, 0.3) is 5.91 Å². The SMILES string of the molecule is Cc1ccc(Oc2ccc(C(=O)NC(CN3CCN(c4cccc(O)c4)[C@@H](C)C3)C(C)C)cc2)cc1. The minimum atomic E-state index is -0.0676. The van der Waals surface area contributed by atoms with Gasteiger partial charge in [-0.25, -0.2) is 0 Å². The summed E-state index contributed by atoms with van der Waals surface area (Å²) >= 11 is 0. The Morgan fingerprint density at radius 3 is 2.31 bits per heavy atom. The number of hydrogen-bond acceptors (Lipinski definition) is 5. The topological polar surface area (TPSA) is 65.0 Å². The number of piperazine rings is 1. The Hall–Kier alpha value is -3.51. The van der Waals surface area contributed by atoms with E-state index in [1.807, 2.05) is 73.7 Å². The predicted octanol–water partition coefficient (Wildman–Crippen LogP) is 5.46. The van der Waals surface area contributed by atoms with E-state index >= 15 is 0 Å². The minimum absolute atomic E-state index is 0.0421. The number of aryl methyl sites for hydroxylation is 1. The van der Waals surface area contributed by atoms with Crippen molar-refractivity contribution in [2.45, 2.75) is 39.8 Å². The van der Waals surface area contributed by atoms with E-state index in [0.717, 1.165) is 37.6 Å². The quantitative estimate of drug-likeness (QED) is 0.442. The largest absolute Gasteiger partial charge is 0.508 e. The van der Waals surface area contributed by atoms with Gasteiger partial charge in [0, 0.05) is 55.6 Å². The van der Waals surface area contributed by atoms with Gasteiger partial charge in [-0.05, 0) is 68.3 Å². The molecule has 0 bridgehead atoms. The average molecular weight is 488 g/mol. The summed E-state index contributed by atoms with van der Waals surface area (Å²) in [7, 11) is 0. The number of ether oxygens (including phenoxy) is 1. The van der Waals surface area contributed by atoms with Gasteiger partial charge in [0.15, 0.2) is 0 Å². The first-order valence-corrected chi connectivity index (χ1v) is 12.7. The van der Waals surface area contributed by atoms with E-state index in [9.17, 15) is 9.90 Å². The summed E-state index contributed by atoms with van der Waals surface area (Å²) in [5.41, 5.74) is 2.85. The number of nitrogens with zero attached hydrogens (tertiary/aromatic N) is 2. The van der Waals surface area contributed by atoms with Crippen molar-refractivity contribution >= 4 is 11.6 Å². The number of aromatic hydroxyl groups is 1. The first-order chi connectivity index (χ1) is 17.3. The van der Waals surface area contributed by atoms with Crippen molar-refractivity contribution < 1.29 is 14.6 Å². The standard InChI is InChI=1S/C30H37N3O3/c1-21(2)29(20-32-16-17-33(23(4)19-32)25-6-5-7-26(34)18-25)31-30(35)24-10-14-28(15-11-24)36-27-12-8-22(3)9-13-27/h5-15,18,21,23,29,34H,16-17,19-20H2,1-4H3,(H,31,35)/t23-,29?/m0/s1. The van der Waals surface area contributed by atoms with Crippen molar-refractivity contribution in [2.24, 2.45) is 5.92 Å². The lowest BCUT2D eigenvalue weighted by Gasteiger charge is -2.42. The van der Waals surface area contributed by atoms with Crippen LogP contribution in [0.15, 0.2) is 72.8 Å². The van der Waals surface area contributed by atoms with Crippen molar-refractivity contribution in [3.05, 3.63) is 83.9 Å². The second kappa shape index (κ2) is 11.5. The second-order valence-corrected chi connectivity index (χ2v) is 10.1. The van der Waals surface area contributed by atoms with Gasteiger partial charge in [-0.3, -0.25) is 9.69 Å². The second-order valence-electron chi connectivity index (χ2n) is 10.1. The molecule has 0 aliphatic carbocycles. The zero-order valence-corrected chi connectivity index (χ0v) is 21.6. The van der Waals surface area contributed by atoms with Gasteiger partial charge in [-0.15, -0.1) is 0 Å². The molecular weight excluding hydrogens is 450 g/mol. The molecule has 1 fully saturated rings. The van der Waals surface area contributed by atoms with Gasteiger partial charge in [0.2, 0.25) is 0 Å². The molecule has 6 heteroatoms. The first-order valence-electron chi connectivity index (χ1n) is 12.7. The summed E-state index contributed by atoms with van der Waals surface area (Å²) in [5.74, 6) is 2.00. The number of amides is 1. The van der Waals surface area contributed by atoms with E-state index in [1.165, 1.54) is 5.56 Å². The van der Waals surface area contributed by atoms with E-state index in [0.29, 0.717) is 29.0 Å². The third-order valence-electron chi connectivity index (χ3n) is 6.82. The number of nitrogens with one attached hydrogen (secondary N) is 1. The Morgan fingerprint density at radius 2 is 1.69 bits per heavy atom. The highest BCUT2D eigenvalue weighted by Gasteiger charge is 2.27. The monoisotopic (exact) mass is 487 g/mol. The summed E-state index contributed by atoms with van der Waals surface area (Å²) in [4.78, 5) is 17.8. The van der Waals surface area contributed by atoms with Crippen LogP contribution in [-0.4, -0.2) is 54.2 Å². The Morgan fingerprint density at radius 1 is 1.03 bits per heavy atom. The lowest BCUT2D eigenvalue weighted by Crippen LogP contribution is -2.56. The molecule has 1 heterocycles. The lowest BCUT2D eigenvalue weighted by atomic mass is 10.0. The predicted molar refractivity (Wildman–Crippen MR) is 145 cm³/mol. The van der Waals surface area contributed by atoms with Crippen molar-refractivity contribution in [3.8, 4) is 17.2 Å². The Labute approximate surface area is 214 Å². The molecule has 1 saturated heterocycles. The fraction of sp³-hybridized carbons (Fsp3) is 0.367. The highest BCUT2D eigenvalue weighted by atomic mass is 16.5. The van der Waals surface area contributed by atoms with Crippen LogP contribution in [0.4, 0.5) is 5.69 Å². The molecule has 2 N–H and O–H groups in total. The summed E-state index contributed by atoms with van der Waals surface area (Å²) < 4.78 is 5.89. The van der Waals surface area contributed by atoms with Crippen molar-refractivity contribution in [1.29, 1.82) is 0 Å². The molecule has 1 aliphatic heterocycles. The van der Waals surface area contributed by atoms with Crippen LogP contribution in [-0.2, 0) is 0 Å². The fourth-order valence-electron chi connectivity index (χ4n) is 4.62. The molecule has 36 heavy (non-hydrogen) atoms. The molecule has 190 valence electrons. The van der Waals surface area contributed by atoms with Crippen LogP contribution >= 0.6 is 0 Å². The number of phenols is 1. The zero-order chi connectivity index (χ0) is 25.7. The molecular formula is C30H37N3O3. The van der Waals surface area contributed by atoms with E-state index in [4.69, 9.17) is 4.74 Å². The Bertz CT molecular complexity index is 1140. The van der Waals surface area contributed by atoms with Crippen molar-refractivity contribution in [3.63, 3.8) is 0 Å². The molecule has 1 unspecified atom stereocenters. The maximum atomic E-state index is 13.0. The molecule has 2 atom stereocenters. The first kappa shape index (κ1) is 25.6. The molecule has 6 nitrogen and oxygen atoms in total. The van der Waals surface area contributed by atoms with Gasteiger partial charge >= 0.3 is 0 Å². The van der Waals surface area contributed by atoms with Crippen LogP contribution in [0, 0.1) is 12.8 Å². The third kappa shape index (κ3) is 6.58. The Balaban J connectivity index is 1.33. The number of rotatable bonds is 8. The van der Waals surface area contributed by atoms with E-state index < -0.39 is 0 Å². The molecule has 0 radical (unpaired) electrons. The van der Waals surface area contributed by atoms with Crippen molar-refractivity contribution in [1.82, 2.24) is 10.2 Å². The van der Waals surface area contributed by atoms with Crippen LogP contribution in [0.3, 0.4) is 0 Å². The molecule has 3 aromatic rings. The molecule has 3 aromatic carbocycles. The summed E-state index contributed by atoms with van der Waals surface area (Å²) in [6.07, 6.45) is 0. The van der Waals surface area contributed by atoms with Crippen LogP contribution in [0.2, 0.25) is 0 Å². The summed E-state index contributed by atoms with van der Waals surface area (Å²) in [6, 6.07) is 23.0. The molecule has 1 amide bonds.